The Labute approximate surface area is 249 Å². The SMILES string of the molecule is COCCCOc1cc(C(=O)N(C[C@@H]2CNC[C@H]2CN(C(=O)c2noc3c2CCCC3)C2CC2)C(C)C)ccc1OC. The number of nitrogens with zero attached hydrogens (tertiary/aromatic N) is 3. The zero-order chi connectivity index (χ0) is 29.6. The van der Waals surface area contributed by atoms with Gasteiger partial charge in [-0.05, 0) is 76.0 Å². The highest BCUT2D eigenvalue weighted by Crippen LogP contribution is 2.34. The number of ether oxygens (including phenoxy) is 3. The van der Waals surface area contributed by atoms with Crippen LogP contribution in [0.5, 0.6) is 11.5 Å². The predicted molar refractivity (Wildman–Crippen MR) is 158 cm³/mol. The van der Waals surface area contributed by atoms with Crippen LogP contribution in [0.3, 0.4) is 0 Å². The molecule has 1 saturated carbocycles. The van der Waals surface area contributed by atoms with Gasteiger partial charge in [0.15, 0.2) is 17.2 Å². The molecule has 42 heavy (non-hydrogen) atoms. The van der Waals surface area contributed by atoms with Gasteiger partial charge in [-0.1, -0.05) is 5.16 Å². The number of carbonyl (C=O) groups is 2. The molecule has 0 bridgehead atoms. The van der Waals surface area contributed by atoms with Crippen LogP contribution in [0.4, 0.5) is 0 Å². The van der Waals surface area contributed by atoms with Crippen molar-refractivity contribution in [3.63, 3.8) is 0 Å². The predicted octanol–water partition coefficient (Wildman–Crippen LogP) is 3.97. The lowest BCUT2D eigenvalue weighted by atomic mass is 9.93. The van der Waals surface area contributed by atoms with E-state index in [0.29, 0.717) is 49.1 Å². The monoisotopic (exact) mass is 582 g/mol. The number of methoxy groups -OCH3 is 2. The molecule has 2 atom stereocenters. The molecule has 1 saturated heterocycles. The number of aromatic nitrogens is 1. The van der Waals surface area contributed by atoms with Crippen molar-refractivity contribution in [1.29, 1.82) is 0 Å². The van der Waals surface area contributed by atoms with E-state index in [1.165, 1.54) is 0 Å². The number of nitrogens with one attached hydrogen (secondary N) is 1. The van der Waals surface area contributed by atoms with Crippen LogP contribution >= 0.6 is 0 Å². The highest BCUT2D eigenvalue weighted by molar-refractivity contribution is 5.95. The topological polar surface area (TPSA) is 106 Å². The van der Waals surface area contributed by atoms with Gasteiger partial charge >= 0.3 is 0 Å². The van der Waals surface area contributed by atoms with Gasteiger partial charge in [0, 0.05) is 75.9 Å². The van der Waals surface area contributed by atoms with Crippen molar-refractivity contribution in [2.24, 2.45) is 11.8 Å². The van der Waals surface area contributed by atoms with E-state index in [1.807, 2.05) is 9.80 Å². The molecule has 1 aliphatic heterocycles. The Morgan fingerprint density at radius 1 is 1.02 bits per heavy atom. The lowest BCUT2D eigenvalue weighted by molar-refractivity contribution is 0.0609. The molecular formula is C32H46N4O6. The van der Waals surface area contributed by atoms with Gasteiger partial charge in [0.2, 0.25) is 0 Å². The van der Waals surface area contributed by atoms with Gasteiger partial charge in [-0.2, -0.15) is 0 Å². The maximum Gasteiger partial charge on any atom is 0.276 e. The molecular weight excluding hydrogens is 536 g/mol. The minimum Gasteiger partial charge on any atom is -0.493 e. The van der Waals surface area contributed by atoms with Crippen LogP contribution in [0, 0.1) is 11.8 Å². The molecule has 3 aliphatic rings. The largest absolute Gasteiger partial charge is 0.493 e. The van der Waals surface area contributed by atoms with Gasteiger partial charge in [0.05, 0.1) is 13.7 Å². The first kappa shape index (κ1) is 30.4. The summed E-state index contributed by atoms with van der Waals surface area (Å²) in [5.74, 6) is 2.46. The number of aryl methyl sites for hydroxylation is 1. The highest BCUT2D eigenvalue weighted by Gasteiger charge is 2.40. The average molecular weight is 583 g/mol. The first-order chi connectivity index (χ1) is 20.4. The second kappa shape index (κ2) is 13.9. The summed E-state index contributed by atoms with van der Waals surface area (Å²) < 4.78 is 22.1. The number of fused-ring (bicyclic) bond motifs is 1. The zero-order valence-corrected chi connectivity index (χ0v) is 25.5. The van der Waals surface area contributed by atoms with Crippen molar-refractivity contribution in [1.82, 2.24) is 20.3 Å². The summed E-state index contributed by atoms with van der Waals surface area (Å²) >= 11 is 0. The molecule has 10 heteroatoms. The van der Waals surface area contributed by atoms with Crippen LogP contribution in [0.2, 0.25) is 0 Å². The van der Waals surface area contributed by atoms with Gasteiger partial charge in [-0.3, -0.25) is 9.59 Å². The Balaban J connectivity index is 1.28. The van der Waals surface area contributed by atoms with Crippen LogP contribution in [-0.4, -0.2) is 92.5 Å². The normalized spacial score (nSPS) is 19.9. The Bertz CT molecular complexity index is 1230. The Hall–Kier alpha value is -3.11. The second-order valence-electron chi connectivity index (χ2n) is 12.1. The lowest BCUT2D eigenvalue weighted by Crippen LogP contribution is -2.45. The quantitative estimate of drug-likeness (QED) is 0.334. The summed E-state index contributed by atoms with van der Waals surface area (Å²) in [5, 5.41) is 7.77. The van der Waals surface area contributed by atoms with Crippen LogP contribution < -0.4 is 14.8 Å². The summed E-state index contributed by atoms with van der Waals surface area (Å²) in [6, 6.07) is 5.64. The highest BCUT2D eigenvalue weighted by atomic mass is 16.5. The second-order valence-corrected chi connectivity index (χ2v) is 12.1. The minimum atomic E-state index is -0.0376. The summed E-state index contributed by atoms with van der Waals surface area (Å²) in [6.07, 6.45) is 6.68. The standard InChI is InChI=1S/C32H46N4O6/c1-21(2)35(31(37)22-10-13-28(40-4)29(16-22)41-15-7-14-39-3)19-23-17-33-18-24(23)20-36(25-11-12-25)32(38)30-26-8-5-6-9-27(26)42-34-30/h10,13,16,21,23-25,33H,5-9,11-12,14-15,17-20H2,1-4H3/t23-,24-/m0/s1. The van der Waals surface area contributed by atoms with Crippen molar-refractivity contribution in [3.05, 3.63) is 40.8 Å². The molecule has 230 valence electrons. The third kappa shape index (κ3) is 6.92. The molecule has 1 N–H and O–H groups in total. The van der Waals surface area contributed by atoms with E-state index < -0.39 is 0 Å². The van der Waals surface area contributed by atoms with Gasteiger partial charge in [-0.25, -0.2) is 0 Å². The third-order valence-corrected chi connectivity index (χ3v) is 8.79. The van der Waals surface area contributed by atoms with Gasteiger partial charge in [-0.15, -0.1) is 0 Å². The summed E-state index contributed by atoms with van der Waals surface area (Å²) in [4.78, 5) is 31.6. The molecule has 1 aromatic heterocycles. The van der Waals surface area contributed by atoms with Crippen molar-refractivity contribution in [2.45, 2.75) is 70.9 Å². The van der Waals surface area contributed by atoms with E-state index in [4.69, 9.17) is 18.7 Å². The van der Waals surface area contributed by atoms with Crippen molar-refractivity contribution in [2.75, 3.05) is 53.6 Å². The van der Waals surface area contributed by atoms with Crippen LogP contribution in [0.1, 0.15) is 78.1 Å². The number of benzene rings is 1. The van der Waals surface area contributed by atoms with Gasteiger partial charge in [0.25, 0.3) is 11.8 Å². The number of amides is 2. The van der Waals surface area contributed by atoms with E-state index in [0.717, 1.165) is 69.4 Å². The number of hydrogen-bond acceptors (Lipinski definition) is 8. The van der Waals surface area contributed by atoms with E-state index in [2.05, 4.69) is 24.3 Å². The van der Waals surface area contributed by atoms with Crippen LogP contribution in [-0.2, 0) is 17.6 Å². The number of carbonyl (C=O) groups excluding carboxylic acids is 2. The third-order valence-electron chi connectivity index (χ3n) is 8.79. The molecule has 2 fully saturated rings. The first-order valence-corrected chi connectivity index (χ1v) is 15.5. The zero-order valence-electron chi connectivity index (χ0n) is 25.5. The molecule has 0 radical (unpaired) electrons. The summed E-state index contributed by atoms with van der Waals surface area (Å²) in [7, 11) is 3.26. The summed E-state index contributed by atoms with van der Waals surface area (Å²) in [5.41, 5.74) is 2.09. The number of rotatable bonds is 14. The Morgan fingerprint density at radius 2 is 1.79 bits per heavy atom. The fraction of sp³-hybridized carbons (Fsp3) is 0.656. The molecule has 0 unspecified atom stereocenters. The smallest absolute Gasteiger partial charge is 0.276 e. The first-order valence-electron chi connectivity index (χ1n) is 15.5. The minimum absolute atomic E-state index is 0.00287. The van der Waals surface area contributed by atoms with E-state index >= 15 is 0 Å². The Morgan fingerprint density at radius 3 is 2.50 bits per heavy atom. The molecule has 2 aromatic rings. The molecule has 2 aliphatic carbocycles. The van der Waals surface area contributed by atoms with E-state index in [9.17, 15) is 9.59 Å². The van der Waals surface area contributed by atoms with Crippen LogP contribution in [0.25, 0.3) is 0 Å². The molecule has 2 heterocycles. The molecule has 2 amide bonds. The fourth-order valence-electron chi connectivity index (χ4n) is 6.19. The Kier molecular flexibility index (Phi) is 10.1. The van der Waals surface area contributed by atoms with Crippen LogP contribution in [0.15, 0.2) is 22.7 Å². The number of hydrogen-bond donors (Lipinski definition) is 1. The molecule has 5 rings (SSSR count). The van der Waals surface area contributed by atoms with E-state index in [-0.39, 0.29) is 35.7 Å². The van der Waals surface area contributed by atoms with Crippen molar-refractivity contribution >= 4 is 11.8 Å². The summed E-state index contributed by atoms with van der Waals surface area (Å²) in [6.45, 7) is 8.07. The molecule has 10 nitrogen and oxygen atoms in total. The molecule has 1 aromatic carbocycles. The average Bonchev–Trinajstić information content (AvgIpc) is 3.59. The van der Waals surface area contributed by atoms with E-state index in [1.54, 1.807) is 32.4 Å². The van der Waals surface area contributed by atoms with Crippen molar-refractivity contribution in [3.8, 4) is 11.5 Å². The fourth-order valence-corrected chi connectivity index (χ4v) is 6.19. The maximum absolute atomic E-state index is 13.9. The van der Waals surface area contributed by atoms with Gasteiger partial charge < -0.3 is 33.9 Å². The lowest BCUT2D eigenvalue weighted by Gasteiger charge is -2.33. The van der Waals surface area contributed by atoms with Gasteiger partial charge in [0.1, 0.15) is 5.76 Å². The van der Waals surface area contributed by atoms with Crippen molar-refractivity contribution < 1.29 is 28.3 Å². The molecule has 0 spiro atoms. The maximum atomic E-state index is 13.9.